The molecule has 1 aliphatic rings. The average molecular weight is 359 g/mol. The molecule has 8 heteroatoms. The molecule has 1 saturated heterocycles. The highest BCUT2D eigenvalue weighted by atomic mass is 16.6. The fourth-order valence-corrected chi connectivity index (χ4v) is 3.21. The first-order chi connectivity index (χ1) is 12.5. The first-order valence-corrected chi connectivity index (χ1v) is 8.84. The van der Waals surface area contributed by atoms with E-state index in [4.69, 9.17) is 4.74 Å². The molecule has 1 aliphatic heterocycles. The predicted molar refractivity (Wildman–Crippen MR) is 98.9 cm³/mol. The summed E-state index contributed by atoms with van der Waals surface area (Å²) in [5.74, 6) is 0. The maximum atomic E-state index is 10.8. The maximum Gasteiger partial charge on any atom is 0.269 e. The Hall–Kier alpha value is -2.29. The molecule has 0 saturated carbocycles. The van der Waals surface area contributed by atoms with E-state index in [0.29, 0.717) is 12.6 Å². The molecule has 1 aromatic heterocycles. The molecular weight excluding hydrogens is 334 g/mol. The summed E-state index contributed by atoms with van der Waals surface area (Å²) in [4.78, 5) is 12.9. The standard InChI is InChI=1S/C18H25N5O3/c1-14(22-7-9-26-10-8-22)11-19-12-16-13-21(2)20-18(16)15-3-5-17(6-4-15)23(24)25/h3-6,13-14,19H,7-12H2,1-2H3. The zero-order chi connectivity index (χ0) is 18.5. The van der Waals surface area contributed by atoms with Crippen molar-refractivity contribution in [2.24, 2.45) is 7.05 Å². The Balaban J connectivity index is 1.62. The number of nitro groups is 1. The van der Waals surface area contributed by atoms with Crippen LogP contribution in [-0.4, -0.2) is 58.5 Å². The van der Waals surface area contributed by atoms with Crippen LogP contribution in [0.3, 0.4) is 0 Å². The van der Waals surface area contributed by atoms with Gasteiger partial charge in [0.1, 0.15) is 0 Å². The molecule has 2 heterocycles. The minimum Gasteiger partial charge on any atom is -0.379 e. The SMILES string of the molecule is CC(CNCc1cn(C)nc1-c1ccc([N+](=O)[O-])cc1)N1CCOCC1. The lowest BCUT2D eigenvalue weighted by Gasteiger charge is -2.32. The summed E-state index contributed by atoms with van der Waals surface area (Å²) in [5, 5.41) is 18.9. The van der Waals surface area contributed by atoms with Crippen LogP contribution in [0.15, 0.2) is 30.5 Å². The summed E-state index contributed by atoms with van der Waals surface area (Å²) in [6.07, 6.45) is 1.99. The first-order valence-electron chi connectivity index (χ1n) is 8.84. The predicted octanol–water partition coefficient (Wildman–Crippen LogP) is 1.81. The van der Waals surface area contributed by atoms with Crippen LogP contribution in [0.1, 0.15) is 12.5 Å². The summed E-state index contributed by atoms with van der Waals surface area (Å²) in [5.41, 5.74) is 2.90. The van der Waals surface area contributed by atoms with Gasteiger partial charge in [-0.3, -0.25) is 19.7 Å². The molecule has 1 N–H and O–H groups in total. The number of nitro benzene ring substituents is 1. The fraction of sp³-hybridized carbons (Fsp3) is 0.500. The van der Waals surface area contributed by atoms with Crippen LogP contribution in [0.5, 0.6) is 0 Å². The third-order valence-corrected chi connectivity index (χ3v) is 4.68. The van der Waals surface area contributed by atoms with Crippen LogP contribution in [0.25, 0.3) is 11.3 Å². The van der Waals surface area contributed by atoms with Crippen LogP contribution in [0.2, 0.25) is 0 Å². The van der Waals surface area contributed by atoms with Gasteiger partial charge in [0.25, 0.3) is 5.69 Å². The van der Waals surface area contributed by atoms with Gasteiger partial charge in [-0.1, -0.05) is 0 Å². The fourth-order valence-electron chi connectivity index (χ4n) is 3.21. The number of hydrogen-bond acceptors (Lipinski definition) is 6. The summed E-state index contributed by atoms with van der Waals surface area (Å²) in [6, 6.07) is 6.97. The van der Waals surface area contributed by atoms with Crippen molar-refractivity contribution in [3.63, 3.8) is 0 Å². The van der Waals surface area contributed by atoms with Gasteiger partial charge in [-0.05, 0) is 19.1 Å². The molecule has 2 aromatic rings. The molecule has 0 spiro atoms. The Labute approximate surface area is 152 Å². The van der Waals surface area contributed by atoms with E-state index in [-0.39, 0.29) is 5.69 Å². The summed E-state index contributed by atoms with van der Waals surface area (Å²) >= 11 is 0. The van der Waals surface area contributed by atoms with Gasteiger partial charge in [-0.25, -0.2) is 0 Å². The minimum absolute atomic E-state index is 0.0868. The van der Waals surface area contributed by atoms with Crippen molar-refractivity contribution in [1.82, 2.24) is 20.0 Å². The highest BCUT2D eigenvalue weighted by Gasteiger charge is 2.17. The Bertz CT molecular complexity index is 738. The molecular formula is C18H25N5O3. The largest absolute Gasteiger partial charge is 0.379 e. The lowest BCUT2D eigenvalue weighted by Crippen LogP contribution is -2.46. The Kier molecular flexibility index (Phi) is 5.97. The van der Waals surface area contributed by atoms with Crippen molar-refractivity contribution >= 4 is 5.69 Å². The van der Waals surface area contributed by atoms with Crippen LogP contribution >= 0.6 is 0 Å². The third-order valence-electron chi connectivity index (χ3n) is 4.68. The van der Waals surface area contributed by atoms with Gasteiger partial charge in [-0.2, -0.15) is 5.10 Å². The molecule has 0 aliphatic carbocycles. The molecule has 0 bridgehead atoms. The second-order valence-corrected chi connectivity index (χ2v) is 6.61. The smallest absolute Gasteiger partial charge is 0.269 e. The van der Waals surface area contributed by atoms with E-state index >= 15 is 0 Å². The molecule has 8 nitrogen and oxygen atoms in total. The maximum absolute atomic E-state index is 10.8. The number of nitrogens with one attached hydrogen (secondary N) is 1. The lowest BCUT2D eigenvalue weighted by molar-refractivity contribution is -0.384. The van der Waals surface area contributed by atoms with Gasteiger partial charge in [0.2, 0.25) is 0 Å². The molecule has 1 aromatic carbocycles. The number of morpholine rings is 1. The van der Waals surface area contributed by atoms with Crippen molar-refractivity contribution in [2.75, 3.05) is 32.8 Å². The summed E-state index contributed by atoms with van der Waals surface area (Å²) in [6.45, 7) is 7.37. The molecule has 1 atom stereocenters. The van der Waals surface area contributed by atoms with Crippen molar-refractivity contribution in [3.05, 3.63) is 46.1 Å². The summed E-state index contributed by atoms with van der Waals surface area (Å²) in [7, 11) is 1.88. The highest BCUT2D eigenvalue weighted by molar-refractivity contribution is 5.64. The van der Waals surface area contributed by atoms with Gasteiger partial charge in [-0.15, -0.1) is 0 Å². The van der Waals surface area contributed by atoms with Crippen molar-refractivity contribution < 1.29 is 9.66 Å². The number of benzene rings is 1. The van der Waals surface area contributed by atoms with E-state index < -0.39 is 4.92 Å². The normalized spacial score (nSPS) is 16.5. The number of ether oxygens (including phenoxy) is 1. The van der Waals surface area contributed by atoms with Gasteiger partial charge < -0.3 is 10.1 Å². The topological polar surface area (TPSA) is 85.5 Å². The quantitative estimate of drug-likeness (QED) is 0.599. The summed E-state index contributed by atoms with van der Waals surface area (Å²) < 4.78 is 7.18. The molecule has 0 amide bonds. The highest BCUT2D eigenvalue weighted by Crippen LogP contribution is 2.24. The van der Waals surface area contributed by atoms with Crippen LogP contribution < -0.4 is 5.32 Å². The van der Waals surface area contributed by atoms with Crippen molar-refractivity contribution in [1.29, 1.82) is 0 Å². The van der Waals surface area contributed by atoms with E-state index in [1.807, 2.05) is 13.2 Å². The van der Waals surface area contributed by atoms with Crippen molar-refractivity contribution in [2.45, 2.75) is 19.5 Å². The average Bonchev–Trinajstić information content (AvgIpc) is 3.03. The zero-order valence-electron chi connectivity index (χ0n) is 15.2. The zero-order valence-corrected chi connectivity index (χ0v) is 15.2. The Morgan fingerprint density at radius 2 is 2.00 bits per heavy atom. The van der Waals surface area contributed by atoms with Gasteiger partial charge >= 0.3 is 0 Å². The van der Waals surface area contributed by atoms with Crippen molar-refractivity contribution in [3.8, 4) is 11.3 Å². The Morgan fingerprint density at radius 1 is 1.31 bits per heavy atom. The number of nitrogens with zero attached hydrogens (tertiary/aromatic N) is 4. The number of aromatic nitrogens is 2. The van der Waals surface area contributed by atoms with Crippen LogP contribution in [-0.2, 0) is 18.3 Å². The monoisotopic (exact) mass is 359 g/mol. The lowest BCUT2D eigenvalue weighted by atomic mass is 10.1. The molecule has 1 unspecified atom stereocenters. The molecule has 26 heavy (non-hydrogen) atoms. The number of hydrogen-bond donors (Lipinski definition) is 1. The van der Waals surface area contributed by atoms with E-state index in [1.54, 1.807) is 16.8 Å². The molecule has 0 radical (unpaired) electrons. The second-order valence-electron chi connectivity index (χ2n) is 6.61. The van der Waals surface area contributed by atoms with Crippen LogP contribution in [0, 0.1) is 10.1 Å². The first kappa shape index (κ1) is 18.5. The van der Waals surface area contributed by atoms with Crippen LogP contribution in [0.4, 0.5) is 5.69 Å². The molecule has 140 valence electrons. The van der Waals surface area contributed by atoms with E-state index in [9.17, 15) is 10.1 Å². The Morgan fingerprint density at radius 3 is 2.65 bits per heavy atom. The van der Waals surface area contributed by atoms with Gasteiger partial charge in [0.05, 0.1) is 23.8 Å². The number of aryl methyl sites for hydroxylation is 1. The third kappa shape index (κ3) is 4.46. The molecule has 1 fully saturated rings. The van der Waals surface area contributed by atoms with Gasteiger partial charge in [0.15, 0.2) is 0 Å². The van der Waals surface area contributed by atoms with Gasteiger partial charge in [0, 0.05) is 68.7 Å². The van der Waals surface area contributed by atoms with E-state index in [1.165, 1.54) is 12.1 Å². The van der Waals surface area contributed by atoms with E-state index in [2.05, 4.69) is 22.2 Å². The number of non-ortho nitro benzene ring substituents is 1. The molecule has 3 rings (SSSR count). The minimum atomic E-state index is -0.391. The number of rotatable bonds is 7. The second kappa shape index (κ2) is 8.39. The van der Waals surface area contributed by atoms with E-state index in [0.717, 1.165) is 49.7 Å².